The second-order valence-corrected chi connectivity index (χ2v) is 14.1. The quantitative estimate of drug-likeness (QED) is 0.0153. The van der Waals surface area contributed by atoms with E-state index in [1.54, 1.807) is 0 Å². The van der Waals surface area contributed by atoms with Gasteiger partial charge in [0.05, 0.1) is 21.3 Å². The zero-order valence-electron chi connectivity index (χ0n) is 37.3. The number of carbonyl (C=O) groups excluding carboxylic acids is 2. The maximum atomic E-state index is 9.85. The lowest BCUT2D eigenvalue weighted by Gasteiger charge is -1.94. The predicted molar refractivity (Wildman–Crippen MR) is 231 cm³/mol. The molecule has 0 aromatic heterocycles. The SMILES string of the molecule is C=NC=[O+][O-].CCCCCCCC.CCCCCCCC.CCCCCCCC.CCCCCCCC.COC(C)=O.COS(=O)OC.[CH2+]N=S(=O)([O-])O. The second kappa shape index (κ2) is 76.2. The number of rotatable bonds is 23. The zero-order chi connectivity index (χ0) is 43.6. The largest absolute Gasteiger partial charge is 0.739 e. The number of esters is 1. The lowest BCUT2D eigenvalue weighted by molar-refractivity contribution is -1.04. The molecule has 0 saturated heterocycles. The number of methoxy groups -OCH3 is 1. The van der Waals surface area contributed by atoms with Crippen LogP contribution in [0.1, 0.15) is 216 Å². The second-order valence-electron chi connectivity index (χ2n) is 11.9. The number of hydrogen-bond donors (Lipinski definition) is 1. The summed E-state index contributed by atoms with van der Waals surface area (Å²) in [4.78, 5) is 12.5. The standard InChI is InChI=1S/4C8H18.C3H6O2.C2H3NO2.C2H6O3S.CH3NO3S/c4*1-3-5-7-8-6-4-2;1-3(4)5-2;1-3-2-5-4;1-4-6(3)5-2;1-2-6(3,4)5/h4*3-8H2,1-2H3;1-2H3;2H,1H2;1-2H3;1H2,(H-,2,3,4,5). The Bertz CT molecular complexity index is 711. The van der Waals surface area contributed by atoms with Crippen LogP contribution < -0.4 is 5.26 Å². The predicted octanol–water partition coefficient (Wildman–Crippen LogP) is 12.0. The molecule has 1 unspecified atom stereocenters. The topological polar surface area (TPSA) is 181 Å². The van der Waals surface area contributed by atoms with Gasteiger partial charge in [0.15, 0.2) is 0 Å². The van der Waals surface area contributed by atoms with Crippen molar-refractivity contribution in [2.45, 2.75) is 216 Å². The molecule has 12 nitrogen and oxygen atoms in total. The van der Waals surface area contributed by atoms with E-state index in [4.69, 9.17) is 9.81 Å². The van der Waals surface area contributed by atoms with E-state index in [-0.39, 0.29) is 5.97 Å². The van der Waals surface area contributed by atoms with Crippen molar-refractivity contribution >= 4 is 40.7 Å². The highest BCUT2D eigenvalue weighted by molar-refractivity contribution is 7.82. The molecule has 0 bridgehead atoms. The van der Waals surface area contributed by atoms with E-state index in [1.165, 1.54) is 182 Å². The van der Waals surface area contributed by atoms with E-state index in [9.17, 15) is 17.8 Å². The van der Waals surface area contributed by atoms with Gasteiger partial charge < -0.3 is 19.1 Å². The summed E-state index contributed by atoms with van der Waals surface area (Å²) in [6.45, 7) is 22.3. The molecule has 0 rings (SSSR count). The van der Waals surface area contributed by atoms with E-state index in [2.05, 4.69) is 96.2 Å². The molecule has 1 N–H and O–H groups in total. The van der Waals surface area contributed by atoms with Crippen LogP contribution in [0.25, 0.3) is 0 Å². The molecule has 54 heavy (non-hydrogen) atoms. The van der Waals surface area contributed by atoms with Crippen molar-refractivity contribution in [1.29, 1.82) is 0 Å². The molecule has 0 heterocycles. The number of unbranched alkanes of at least 4 members (excludes halogenated alkanes) is 20. The van der Waals surface area contributed by atoms with Crippen molar-refractivity contribution in [1.82, 2.24) is 0 Å². The number of nitrogens with zero attached hydrogens (tertiary/aromatic N) is 2. The Morgan fingerprint density at radius 2 is 0.852 bits per heavy atom. The summed E-state index contributed by atoms with van der Waals surface area (Å²) >= 11 is -1.53. The van der Waals surface area contributed by atoms with Crippen molar-refractivity contribution in [3.8, 4) is 0 Å². The maximum absolute atomic E-state index is 9.85. The van der Waals surface area contributed by atoms with Crippen LogP contribution in [0, 0.1) is 7.05 Å². The molecule has 14 heteroatoms. The zero-order valence-corrected chi connectivity index (χ0v) is 38.9. The van der Waals surface area contributed by atoms with Gasteiger partial charge in [0.2, 0.25) is 7.05 Å². The van der Waals surface area contributed by atoms with Crippen molar-refractivity contribution in [2.75, 3.05) is 21.3 Å². The van der Waals surface area contributed by atoms with Gasteiger partial charge in [-0.15, -0.1) is 0 Å². The summed E-state index contributed by atoms with van der Waals surface area (Å²) in [6, 6.07) is 0. The van der Waals surface area contributed by atoms with Crippen molar-refractivity contribution in [3.63, 3.8) is 0 Å². The third-order valence-corrected chi connectivity index (χ3v) is 7.54. The Kier molecular flexibility index (Phi) is 99.1. The highest BCUT2D eigenvalue weighted by Crippen LogP contribution is 2.05. The maximum Gasteiger partial charge on any atom is 0.437 e. The first-order valence-electron chi connectivity index (χ1n) is 20.3. The fourth-order valence-corrected chi connectivity index (χ4v) is 3.65. The van der Waals surface area contributed by atoms with E-state index in [0.717, 1.165) is 0 Å². The molecule has 0 aliphatic heterocycles. The minimum atomic E-state index is -4.15. The summed E-state index contributed by atoms with van der Waals surface area (Å²) in [5, 5.41) is 8.84. The highest BCUT2D eigenvalue weighted by Gasteiger charge is 1.86. The van der Waals surface area contributed by atoms with Crippen LogP contribution in [0.3, 0.4) is 0 Å². The van der Waals surface area contributed by atoms with Gasteiger partial charge in [0.1, 0.15) is 10.3 Å². The molecule has 1 atom stereocenters. The molecule has 0 aromatic rings. The van der Waals surface area contributed by atoms with Gasteiger partial charge in [-0.2, -0.15) is 13.8 Å². The first kappa shape index (κ1) is 70.2. The minimum Gasteiger partial charge on any atom is -0.739 e. The highest BCUT2D eigenvalue weighted by atomic mass is 32.2. The molecular formula is C40H90N2O10S2. The Labute approximate surface area is 339 Å². The van der Waals surface area contributed by atoms with Crippen LogP contribution in [-0.4, -0.2) is 57.9 Å². The third-order valence-electron chi connectivity index (χ3n) is 6.67. The Balaban J connectivity index is -0.0000000752. The van der Waals surface area contributed by atoms with Crippen LogP contribution >= 0.6 is 0 Å². The number of ether oxygens (including phenoxy) is 1. The van der Waals surface area contributed by atoms with Gasteiger partial charge in [-0.25, -0.2) is 4.21 Å². The normalized spacial score (nSPS) is 10.4. The molecule has 0 aliphatic carbocycles. The van der Waals surface area contributed by atoms with Gasteiger partial charge in [0.25, 0.3) is 0 Å². The van der Waals surface area contributed by atoms with Gasteiger partial charge in [-0.1, -0.05) is 209 Å². The van der Waals surface area contributed by atoms with Crippen molar-refractivity contribution in [2.24, 2.45) is 9.36 Å². The van der Waals surface area contributed by atoms with Crippen LogP contribution in [0.4, 0.5) is 0 Å². The number of hydrogen-bond acceptors (Lipinski definition) is 9. The first-order valence-corrected chi connectivity index (χ1v) is 22.7. The fraction of sp³-hybridized carbons (Fsp3) is 0.900. The van der Waals surface area contributed by atoms with Gasteiger partial charge in [-0.3, -0.25) is 13.2 Å². The molecule has 0 spiro atoms. The molecule has 1 amide bonds. The monoisotopic (exact) mass is 823 g/mol. The van der Waals surface area contributed by atoms with Crippen molar-refractivity contribution in [3.05, 3.63) is 7.05 Å². The number of aliphatic imine (C=N–C) groups is 1. The van der Waals surface area contributed by atoms with Gasteiger partial charge >= 0.3 is 23.7 Å². The van der Waals surface area contributed by atoms with Crippen LogP contribution in [0.5, 0.6) is 0 Å². The molecule has 0 aliphatic rings. The third kappa shape index (κ3) is 142. The molecule has 0 radical (unpaired) electrons. The van der Waals surface area contributed by atoms with Crippen molar-refractivity contribution < 1.29 is 45.3 Å². The molecular weight excluding hydrogens is 733 g/mol. The molecule has 0 fully saturated rings. The molecule has 0 saturated carbocycles. The van der Waals surface area contributed by atoms with E-state index in [0.29, 0.717) is 6.41 Å². The smallest absolute Gasteiger partial charge is 0.437 e. The summed E-state index contributed by atoms with van der Waals surface area (Å²) in [6.07, 6.45) is 34.7. The average Bonchev–Trinajstić information content (AvgIpc) is 3.17. The van der Waals surface area contributed by atoms with Gasteiger partial charge in [0, 0.05) is 6.92 Å². The minimum absolute atomic E-state index is 0.245. The van der Waals surface area contributed by atoms with E-state index in [1.807, 2.05) is 0 Å². The summed E-state index contributed by atoms with van der Waals surface area (Å²) in [7, 11) is 2.36. The lowest BCUT2D eigenvalue weighted by Crippen LogP contribution is -1.94. The van der Waals surface area contributed by atoms with Crippen LogP contribution in [0.15, 0.2) is 9.36 Å². The molecule has 332 valence electrons. The Morgan fingerprint density at radius 1 is 0.667 bits per heavy atom. The lowest BCUT2D eigenvalue weighted by atomic mass is 10.1. The average molecular weight is 823 g/mol. The van der Waals surface area contributed by atoms with E-state index >= 15 is 0 Å². The van der Waals surface area contributed by atoms with Crippen LogP contribution in [-0.2, 0) is 44.1 Å². The Morgan fingerprint density at radius 3 is 0.889 bits per heavy atom. The van der Waals surface area contributed by atoms with Crippen LogP contribution in [0.2, 0.25) is 0 Å². The number of amides is 1. The summed E-state index contributed by atoms with van der Waals surface area (Å²) in [5.41, 5.74) is 0. The number of carbonyl (C=O) groups is 1. The summed E-state index contributed by atoms with van der Waals surface area (Å²) in [5.74, 6) is -0.245. The first-order chi connectivity index (χ1) is 25.7. The van der Waals surface area contributed by atoms with Gasteiger partial charge in [-0.05, 0) is 11.1 Å². The Hall–Kier alpha value is -1.58. The molecule has 0 aromatic carbocycles. The fourth-order valence-electron chi connectivity index (χ4n) is 3.51. The van der Waals surface area contributed by atoms with E-state index < -0.39 is 21.7 Å². The summed E-state index contributed by atoms with van der Waals surface area (Å²) < 4.78 is 53.9.